The van der Waals surface area contributed by atoms with Gasteiger partial charge in [0.2, 0.25) is 0 Å². The number of benzene rings is 1. The first kappa shape index (κ1) is 14.0. The molecule has 0 saturated carbocycles. The van der Waals surface area contributed by atoms with Crippen LogP contribution in [0.2, 0.25) is 0 Å². The molecule has 0 fully saturated rings. The Hall–Kier alpha value is -1.10. The van der Waals surface area contributed by atoms with Crippen molar-refractivity contribution in [3.63, 3.8) is 0 Å². The van der Waals surface area contributed by atoms with Gasteiger partial charge >= 0.3 is 0 Å². The Labute approximate surface area is 97.8 Å². The van der Waals surface area contributed by atoms with Crippen LogP contribution < -0.4 is 5.32 Å². The summed E-state index contributed by atoms with van der Waals surface area (Å²) < 4.78 is 51.2. The van der Waals surface area contributed by atoms with Crippen molar-refractivity contribution in [3.8, 4) is 0 Å². The Kier molecular flexibility index (Phi) is 5.41. The van der Waals surface area contributed by atoms with E-state index >= 15 is 0 Å². The van der Waals surface area contributed by atoms with Crippen LogP contribution in [0.3, 0.4) is 0 Å². The lowest BCUT2D eigenvalue weighted by molar-refractivity contribution is 0.0979. The fraction of sp³-hybridized carbons (Fsp3) is 0.500. The van der Waals surface area contributed by atoms with Gasteiger partial charge in [-0.1, -0.05) is 13.0 Å². The second kappa shape index (κ2) is 6.59. The van der Waals surface area contributed by atoms with E-state index in [1.807, 2.05) is 6.92 Å². The zero-order chi connectivity index (χ0) is 12.8. The minimum Gasteiger partial charge on any atom is -0.309 e. The van der Waals surface area contributed by atoms with Gasteiger partial charge in [-0.3, -0.25) is 0 Å². The average Bonchev–Trinajstić information content (AvgIpc) is 2.26. The highest BCUT2D eigenvalue weighted by Crippen LogP contribution is 2.14. The maximum Gasteiger partial charge on any atom is 0.254 e. The van der Waals surface area contributed by atoms with Gasteiger partial charge in [0.15, 0.2) is 0 Å². The second-order valence-electron chi connectivity index (χ2n) is 3.83. The summed E-state index contributed by atoms with van der Waals surface area (Å²) in [5.74, 6) is -1.49. The van der Waals surface area contributed by atoms with Crippen molar-refractivity contribution in [2.24, 2.45) is 0 Å². The van der Waals surface area contributed by atoms with Crippen LogP contribution in [0.15, 0.2) is 18.2 Å². The van der Waals surface area contributed by atoms with Gasteiger partial charge in [-0.15, -0.1) is 0 Å². The minimum absolute atomic E-state index is 0.0975. The summed E-state index contributed by atoms with van der Waals surface area (Å²) in [5, 5.41) is 2.65. The molecule has 1 nitrogen and oxygen atoms in total. The lowest BCUT2D eigenvalue weighted by atomic mass is 10.1. The van der Waals surface area contributed by atoms with E-state index in [2.05, 4.69) is 5.32 Å². The highest BCUT2D eigenvalue weighted by molar-refractivity contribution is 5.19. The topological polar surface area (TPSA) is 12.0 Å². The van der Waals surface area contributed by atoms with Gasteiger partial charge in [0.1, 0.15) is 11.6 Å². The highest BCUT2D eigenvalue weighted by Gasteiger charge is 2.21. The third-order valence-electron chi connectivity index (χ3n) is 2.42. The van der Waals surface area contributed by atoms with Crippen molar-refractivity contribution < 1.29 is 17.6 Å². The molecule has 1 aromatic rings. The molecule has 0 saturated heterocycles. The van der Waals surface area contributed by atoms with Crippen LogP contribution in [0.25, 0.3) is 0 Å². The molecule has 0 spiro atoms. The van der Waals surface area contributed by atoms with E-state index in [0.29, 0.717) is 12.6 Å². The number of hydrogen-bond acceptors (Lipinski definition) is 1. The van der Waals surface area contributed by atoms with Crippen LogP contribution in [0.5, 0.6) is 0 Å². The first-order chi connectivity index (χ1) is 8.04. The molecule has 0 amide bonds. The Bertz CT molecular complexity index is 354. The Morgan fingerprint density at radius 3 is 2.47 bits per heavy atom. The van der Waals surface area contributed by atoms with Crippen molar-refractivity contribution in [2.75, 3.05) is 6.54 Å². The third kappa shape index (κ3) is 4.34. The normalized spacial score (nSPS) is 13.1. The van der Waals surface area contributed by atoms with E-state index in [9.17, 15) is 17.6 Å². The number of alkyl halides is 2. The SMILES string of the molecule is CCCNC(Cc1ccc(F)cc1F)C(F)F. The number of rotatable bonds is 6. The Morgan fingerprint density at radius 2 is 1.94 bits per heavy atom. The zero-order valence-corrected chi connectivity index (χ0v) is 9.52. The van der Waals surface area contributed by atoms with Gasteiger partial charge in [-0.25, -0.2) is 17.6 Å². The molecule has 0 aliphatic rings. The van der Waals surface area contributed by atoms with Crippen molar-refractivity contribution in [3.05, 3.63) is 35.4 Å². The monoisotopic (exact) mass is 249 g/mol. The van der Waals surface area contributed by atoms with Gasteiger partial charge in [0.05, 0.1) is 6.04 Å². The molecular weight excluding hydrogens is 234 g/mol. The van der Waals surface area contributed by atoms with Gasteiger partial charge in [0.25, 0.3) is 6.43 Å². The molecule has 0 aliphatic carbocycles. The smallest absolute Gasteiger partial charge is 0.254 e. The Balaban J connectivity index is 2.71. The molecule has 96 valence electrons. The van der Waals surface area contributed by atoms with Crippen molar-refractivity contribution >= 4 is 0 Å². The summed E-state index contributed by atoms with van der Waals surface area (Å²) in [4.78, 5) is 0. The van der Waals surface area contributed by atoms with Gasteiger partial charge in [-0.05, 0) is 31.0 Å². The fourth-order valence-corrected chi connectivity index (χ4v) is 1.50. The van der Waals surface area contributed by atoms with Crippen LogP contribution in [-0.2, 0) is 6.42 Å². The molecule has 5 heteroatoms. The first-order valence-electron chi connectivity index (χ1n) is 5.50. The lowest BCUT2D eigenvalue weighted by Gasteiger charge is -2.17. The first-order valence-corrected chi connectivity index (χ1v) is 5.50. The standard InChI is InChI=1S/C12H15F4N/c1-2-5-17-11(12(15)16)6-8-3-4-9(13)7-10(8)14/h3-4,7,11-12,17H,2,5-6H2,1H3. The van der Waals surface area contributed by atoms with Gasteiger partial charge < -0.3 is 5.32 Å². The third-order valence-corrected chi connectivity index (χ3v) is 2.42. The van der Waals surface area contributed by atoms with Crippen molar-refractivity contribution in [1.82, 2.24) is 5.32 Å². The predicted molar refractivity (Wildman–Crippen MR) is 58.1 cm³/mol. The molecule has 1 unspecified atom stereocenters. The molecule has 0 aromatic heterocycles. The van der Waals surface area contributed by atoms with E-state index in [-0.39, 0.29) is 12.0 Å². The second-order valence-corrected chi connectivity index (χ2v) is 3.83. The van der Waals surface area contributed by atoms with Crippen LogP contribution in [0.1, 0.15) is 18.9 Å². The number of nitrogens with one attached hydrogen (secondary N) is 1. The summed E-state index contributed by atoms with van der Waals surface area (Å²) in [5.41, 5.74) is 0.0975. The minimum atomic E-state index is -2.58. The molecule has 1 rings (SSSR count). The van der Waals surface area contributed by atoms with Crippen LogP contribution >= 0.6 is 0 Å². The zero-order valence-electron chi connectivity index (χ0n) is 9.52. The summed E-state index contributed by atoms with van der Waals surface area (Å²) in [6, 6.07) is 1.88. The Morgan fingerprint density at radius 1 is 1.24 bits per heavy atom. The summed E-state index contributed by atoms with van der Waals surface area (Å²) in [6.07, 6.45) is -2.01. The summed E-state index contributed by atoms with van der Waals surface area (Å²) in [7, 11) is 0. The van der Waals surface area contributed by atoms with E-state index < -0.39 is 24.1 Å². The predicted octanol–water partition coefficient (Wildman–Crippen LogP) is 3.14. The van der Waals surface area contributed by atoms with Crippen LogP contribution in [0.4, 0.5) is 17.6 Å². The average molecular weight is 249 g/mol. The molecule has 0 aliphatic heterocycles. The molecule has 17 heavy (non-hydrogen) atoms. The van der Waals surface area contributed by atoms with Crippen LogP contribution in [-0.4, -0.2) is 19.0 Å². The van der Waals surface area contributed by atoms with Gasteiger partial charge in [-0.2, -0.15) is 0 Å². The highest BCUT2D eigenvalue weighted by atomic mass is 19.3. The molecule has 0 heterocycles. The van der Waals surface area contributed by atoms with Gasteiger partial charge in [0, 0.05) is 6.07 Å². The van der Waals surface area contributed by atoms with E-state index in [4.69, 9.17) is 0 Å². The number of halogens is 4. The van der Waals surface area contributed by atoms with Crippen molar-refractivity contribution in [2.45, 2.75) is 32.2 Å². The largest absolute Gasteiger partial charge is 0.309 e. The van der Waals surface area contributed by atoms with E-state index in [1.165, 1.54) is 6.07 Å². The summed E-state index contributed by atoms with van der Waals surface area (Å²) >= 11 is 0. The summed E-state index contributed by atoms with van der Waals surface area (Å²) in [6.45, 7) is 2.30. The molecule has 0 bridgehead atoms. The van der Waals surface area contributed by atoms with E-state index in [0.717, 1.165) is 12.5 Å². The van der Waals surface area contributed by atoms with Crippen molar-refractivity contribution in [1.29, 1.82) is 0 Å². The molecular formula is C12H15F4N. The maximum absolute atomic E-state index is 13.3. The van der Waals surface area contributed by atoms with Crippen LogP contribution in [0, 0.1) is 11.6 Å². The fourth-order valence-electron chi connectivity index (χ4n) is 1.50. The molecule has 0 radical (unpaired) electrons. The molecule has 1 atom stereocenters. The molecule has 1 N–H and O–H groups in total. The van der Waals surface area contributed by atoms with E-state index in [1.54, 1.807) is 0 Å². The lowest BCUT2D eigenvalue weighted by Crippen LogP contribution is -2.38. The molecule has 1 aromatic carbocycles. The number of hydrogen-bond donors (Lipinski definition) is 1. The maximum atomic E-state index is 13.3. The quantitative estimate of drug-likeness (QED) is 0.764.